The fourth-order valence-electron chi connectivity index (χ4n) is 2.98. The number of hydrogen-bond donors (Lipinski definition) is 1. The Kier molecular flexibility index (Phi) is 6.31. The summed E-state index contributed by atoms with van der Waals surface area (Å²) in [6.07, 6.45) is 0. The van der Waals surface area contributed by atoms with Crippen LogP contribution < -0.4 is 14.8 Å². The van der Waals surface area contributed by atoms with Crippen molar-refractivity contribution >= 4 is 22.9 Å². The van der Waals surface area contributed by atoms with E-state index >= 15 is 0 Å². The number of nitrogens with zero attached hydrogens (tertiary/aromatic N) is 2. The molecule has 0 aliphatic carbocycles. The molecule has 3 aromatic rings. The molecule has 0 aliphatic heterocycles. The number of aryl methyl sites for hydroxylation is 2. The number of methoxy groups -OCH3 is 2. The molecule has 156 valence electrons. The number of nitro groups is 1. The average molecular weight is 427 g/mol. The normalized spacial score (nSPS) is 10.5. The van der Waals surface area contributed by atoms with Crippen molar-refractivity contribution in [2.75, 3.05) is 14.2 Å². The van der Waals surface area contributed by atoms with Crippen LogP contribution in [0.5, 0.6) is 11.5 Å². The lowest BCUT2D eigenvalue weighted by atomic mass is 10.1. The predicted octanol–water partition coefficient (Wildman–Crippen LogP) is 4.28. The largest absolute Gasteiger partial charge is 0.493 e. The molecule has 0 aliphatic rings. The number of aromatic nitrogens is 1. The highest BCUT2D eigenvalue weighted by molar-refractivity contribution is 7.15. The summed E-state index contributed by atoms with van der Waals surface area (Å²) in [5, 5.41) is 15.1. The molecule has 9 heteroatoms. The zero-order chi connectivity index (χ0) is 21.8. The first-order chi connectivity index (χ1) is 14.3. The number of nitro benzene ring substituents is 1. The molecule has 3 rings (SSSR count). The van der Waals surface area contributed by atoms with Gasteiger partial charge in [-0.15, -0.1) is 11.3 Å². The first kappa shape index (κ1) is 21.3. The smallest absolute Gasteiger partial charge is 0.286 e. The van der Waals surface area contributed by atoms with Crippen LogP contribution in [0.3, 0.4) is 0 Å². The molecule has 8 nitrogen and oxygen atoms in total. The highest BCUT2D eigenvalue weighted by Gasteiger charge is 2.25. The molecule has 1 heterocycles. The molecule has 1 N–H and O–H groups in total. The van der Waals surface area contributed by atoms with E-state index < -0.39 is 10.8 Å². The lowest BCUT2D eigenvalue weighted by Crippen LogP contribution is -2.23. The van der Waals surface area contributed by atoms with Crippen molar-refractivity contribution in [1.82, 2.24) is 10.3 Å². The van der Waals surface area contributed by atoms with Gasteiger partial charge in [0, 0.05) is 16.5 Å². The van der Waals surface area contributed by atoms with Gasteiger partial charge in [-0.05, 0) is 19.4 Å². The highest BCUT2D eigenvalue weighted by Crippen LogP contribution is 2.35. The van der Waals surface area contributed by atoms with Gasteiger partial charge in [-0.1, -0.05) is 24.3 Å². The van der Waals surface area contributed by atoms with E-state index in [2.05, 4.69) is 10.3 Å². The number of rotatable bonds is 7. The van der Waals surface area contributed by atoms with Gasteiger partial charge in [0.1, 0.15) is 10.6 Å². The number of nitrogens with one attached hydrogen (secondary N) is 1. The van der Waals surface area contributed by atoms with Gasteiger partial charge in [-0.3, -0.25) is 14.9 Å². The van der Waals surface area contributed by atoms with Crippen LogP contribution in [0.2, 0.25) is 0 Å². The molecule has 0 unspecified atom stereocenters. The van der Waals surface area contributed by atoms with E-state index in [4.69, 9.17) is 9.47 Å². The first-order valence-corrected chi connectivity index (χ1v) is 9.88. The Morgan fingerprint density at radius 2 is 1.83 bits per heavy atom. The predicted molar refractivity (Wildman–Crippen MR) is 114 cm³/mol. The zero-order valence-corrected chi connectivity index (χ0v) is 17.8. The number of carbonyl (C=O) groups excluding carboxylic acids is 1. The minimum absolute atomic E-state index is 0.0982. The van der Waals surface area contributed by atoms with Gasteiger partial charge in [-0.2, -0.15) is 0 Å². The van der Waals surface area contributed by atoms with Crippen LogP contribution in [-0.4, -0.2) is 30.0 Å². The zero-order valence-electron chi connectivity index (χ0n) is 17.0. The van der Waals surface area contributed by atoms with Crippen molar-refractivity contribution in [3.8, 4) is 22.1 Å². The molecule has 1 amide bonds. The van der Waals surface area contributed by atoms with Gasteiger partial charge in [0.25, 0.3) is 11.6 Å². The van der Waals surface area contributed by atoms with E-state index in [-0.39, 0.29) is 29.3 Å². The van der Waals surface area contributed by atoms with E-state index in [0.717, 1.165) is 26.7 Å². The lowest BCUT2D eigenvalue weighted by molar-refractivity contribution is -0.385. The Bertz CT molecular complexity index is 1110. The quantitative estimate of drug-likeness (QED) is 0.446. The molecule has 1 aromatic heterocycles. The monoisotopic (exact) mass is 427 g/mol. The Morgan fingerprint density at radius 3 is 2.47 bits per heavy atom. The van der Waals surface area contributed by atoms with Gasteiger partial charge < -0.3 is 14.8 Å². The van der Waals surface area contributed by atoms with Crippen LogP contribution in [0.25, 0.3) is 10.6 Å². The molecule has 0 atom stereocenters. The summed E-state index contributed by atoms with van der Waals surface area (Å²) in [5.74, 6) is -0.154. The fraction of sp³-hybridized carbons (Fsp3) is 0.238. The summed E-state index contributed by atoms with van der Waals surface area (Å²) in [4.78, 5) is 29.0. The third kappa shape index (κ3) is 4.25. The van der Waals surface area contributed by atoms with Crippen molar-refractivity contribution < 1.29 is 19.2 Å². The van der Waals surface area contributed by atoms with E-state index in [0.29, 0.717) is 0 Å². The minimum Gasteiger partial charge on any atom is -0.493 e. The molecule has 0 spiro atoms. The topological polar surface area (TPSA) is 104 Å². The van der Waals surface area contributed by atoms with Crippen molar-refractivity contribution in [2.24, 2.45) is 0 Å². The van der Waals surface area contributed by atoms with E-state index in [1.807, 2.05) is 38.1 Å². The summed E-state index contributed by atoms with van der Waals surface area (Å²) in [6, 6.07) is 10.4. The van der Waals surface area contributed by atoms with Crippen molar-refractivity contribution in [1.29, 1.82) is 0 Å². The maximum absolute atomic E-state index is 12.7. The number of carbonyl (C=O) groups is 1. The summed E-state index contributed by atoms with van der Waals surface area (Å²) in [7, 11) is 2.78. The van der Waals surface area contributed by atoms with Crippen LogP contribution >= 0.6 is 11.3 Å². The van der Waals surface area contributed by atoms with Crippen molar-refractivity contribution in [3.05, 3.63) is 68.2 Å². The van der Waals surface area contributed by atoms with Gasteiger partial charge >= 0.3 is 0 Å². The van der Waals surface area contributed by atoms with Crippen LogP contribution in [0.1, 0.15) is 26.5 Å². The fourth-order valence-corrected chi connectivity index (χ4v) is 4.07. The standard InChI is InChI=1S/C21H21N3O5S/c1-12-7-5-6-8-14(12)21-23-13(2)19(30-21)11-22-20(25)15-9-17(28-3)18(29-4)10-16(15)24(26)27/h5-10H,11H2,1-4H3,(H,22,25). The van der Waals surface area contributed by atoms with Crippen molar-refractivity contribution in [3.63, 3.8) is 0 Å². The molecule has 0 bridgehead atoms. The summed E-state index contributed by atoms with van der Waals surface area (Å²) < 4.78 is 10.3. The highest BCUT2D eigenvalue weighted by atomic mass is 32.1. The summed E-state index contributed by atoms with van der Waals surface area (Å²) in [6.45, 7) is 4.10. The van der Waals surface area contributed by atoms with Gasteiger partial charge in [0.2, 0.25) is 0 Å². The molecule has 30 heavy (non-hydrogen) atoms. The molecule has 0 radical (unpaired) electrons. The third-order valence-corrected chi connectivity index (χ3v) is 5.81. The van der Waals surface area contributed by atoms with Gasteiger partial charge in [-0.25, -0.2) is 4.98 Å². The molecule has 0 saturated heterocycles. The van der Waals surface area contributed by atoms with Gasteiger partial charge in [0.15, 0.2) is 11.5 Å². The second-order valence-corrected chi connectivity index (χ2v) is 7.59. The van der Waals surface area contributed by atoms with Crippen LogP contribution in [0.15, 0.2) is 36.4 Å². The molecule has 2 aromatic carbocycles. The van der Waals surface area contributed by atoms with Crippen LogP contribution in [-0.2, 0) is 6.54 Å². The Morgan fingerprint density at radius 1 is 1.17 bits per heavy atom. The third-order valence-electron chi connectivity index (χ3n) is 4.62. The van der Waals surface area contributed by atoms with E-state index in [1.165, 1.54) is 37.7 Å². The lowest BCUT2D eigenvalue weighted by Gasteiger charge is -2.10. The molecule has 0 fully saturated rings. The first-order valence-electron chi connectivity index (χ1n) is 9.06. The van der Waals surface area contributed by atoms with Crippen LogP contribution in [0, 0.1) is 24.0 Å². The number of thiazole rings is 1. The summed E-state index contributed by atoms with van der Waals surface area (Å²) >= 11 is 1.48. The second-order valence-electron chi connectivity index (χ2n) is 6.51. The Labute approximate surface area is 177 Å². The molecular formula is C21H21N3O5S. The van der Waals surface area contributed by atoms with Crippen molar-refractivity contribution in [2.45, 2.75) is 20.4 Å². The number of hydrogen-bond acceptors (Lipinski definition) is 7. The number of amides is 1. The van der Waals surface area contributed by atoms with E-state index in [9.17, 15) is 14.9 Å². The van der Waals surface area contributed by atoms with E-state index in [1.54, 1.807) is 0 Å². The SMILES string of the molecule is COc1cc(C(=O)NCc2sc(-c3ccccc3C)nc2C)c([N+](=O)[O-])cc1OC. The number of ether oxygens (including phenoxy) is 2. The minimum atomic E-state index is -0.620. The van der Waals surface area contributed by atoms with Gasteiger partial charge in [0.05, 0.1) is 37.4 Å². The molecule has 0 saturated carbocycles. The Hall–Kier alpha value is -3.46. The number of benzene rings is 2. The average Bonchev–Trinajstić information content (AvgIpc) is 3.11. The second kappa shape index (κ2) is 8.91. The van der Waals surface area contributed by atoms with Crippen LogP contribution in [0.4, 0.5) is 5.69 Å². The summed E-state index contributed by atoms with van der Waals surface area (Å²) in [5.41, 5.74) is 2.51. The maximum Gasteiger partial charge on any atom is 0.286 e. The molecular weight excluding hydrogens is 406 g/mol. The Balaban J connectivity index is 1.84. The maximum atomic E-state index is 12.7.